The molecule has 2 N–H and O–H groups in total. The first-order valence-corrected chi connectivity index (χ1v) is 6.90. The average Bonchev–Trinajstić information content (AvgIpc) is 2.49. The predicted molar refractivity (Wildman–Crippen MR) is 82.6 cm³/mol. The van der Waals surface area contributed by atoms with Crippen molar-refractivity contribution in [1.82, 2.24) is 5.32 Å². The molecule has 0 radical (unpaired) electrons. The van der Waals surface area contributed by atoms with E-state index in [9.17, 15) is 9.18 Å². The normalized spacial score (nSPS) is 11.8. The quantitative estimate of drug-likeness (QED) is 0.884. The first kappa shape index (κ1) is 15.0. The van der Waals surface area contributed by atoms with Crippen molar-refractivity contribution >= 4 is 11.6 Å². The Balaban J connectivity index is 1.89. The Morgan fingerprint density at radius 3 is 2.62 bits per heavy atom. The summed E-state index contributed by atoms with van der Waals surface area (Å²) in [6.07, 6.45) is 0. The van der Waals surface area contributed by atoms with Crippen LogP contribution in [0.4, 0.5) is 10.1 Å². The van der Waals surface area contributed by atoms with Gasteiger partial charge in [0.05, 0.1) is 12.6 Å². The highest BCUT2D eigenvalue weighted by molar-refractivity contribution is 5.81. The van der Waals surface area contributed by atoms with Gasteiger partial charge in [-0.1, -0.05) is 36.4 Å². The molecule has 0 saturated carbocycles. The number of amides is 1. The lowest BCUT2D eigenvalue weighted by Gasteiger charge is -2.15. The monoisotopic (exact) mass is 286 g/mol. The Bertz CT molecular complexity index is 613. The number of carbonyl (C=O) groups excluding carboxylic acids is 1. The molecule has 0 saturated heterocycles. The summed E-state index contributed by atoms with van der Waals surface area (Å²) in [6.45, 7) is 3.91. The molecule has 1 amide bonds. The van der Waals surface area contributed by atoms with Gasteiger partial charge in [0.2, 0.25) is 5.91 Å². The van der Waals surface area contributed by atoms with Crippen LogP contribution in [0.3, 0.4) is 0 Å². The van der Waals surface area contributed by atoms with Crippen molar-refractivity contribution in [2.24, 2.45) is 0 Å². The number of anilines is 1. The molecule has 0 aromatic heterocycles. The largest absolute Gasteiger partial charge is 0.376 e. The Kier molecular flexibility index (Phi) is 4.93. The number of nitrogens with one attached hydrogen (secondary N) is 2. The molecule has 0 spiro atoms. The molecule has 2 aromatic carbocycles. The van der Waals surface area contributed by atoms with Gasteiger partial charge in [-0.2, -0.15) is 0 Å². The molecule has 4 heteroatoms. The van der Waals surface area contributed by atoms with Crippen LogP contribution in [0.15, 0.2) is 48.5 Å². The third-order valence-corrected chi connectivity index (χ3v) is 3.32. The summed E-state index contributed by atoms with van der Waals surface area (Å²) in [7, 11) is 0. The topological polar surface area (TPSA) is 41.1 Å². The maximum absolute atomic E-state index is 13.2. The van der Waals surface area contributed by atoms with Crippen molar-refractivity contribution in [2.75, 3.05) is 11.9 Å². The fourth-order valence-electron chi connectivity index (χ4n) is 2.08. The molecule has 2 rings (SSSR count). The molecule has 0 fully saturated rings. The van der Waals surface area contributed by atoms with Gasteiger partial charge in [-0.3, -0.25) is 4.79 Å². The number of carbonyl (C=O) groups is 1. The summed E-state index contributed by atoms with van der Waals surface area (Å²) in [5.74, 6) is -0.448. The summed E-state index contributed by atoms with van der Waals surface area (Å²) in [5.41, 5.74) is 2.59. The lowest BCUT2D eigenvalue weighted by Crippen LogP contribution is -2.32. The van der Waals surface area contributed by atoms with Crippen LogP contribution in [0, 0.1) is 12.7 Å². The first-order chi connectivity index (χ1) is 10.1. The minimum Gasteiger partial charge on any atom is -0.376 e. The Hall–Kier alpha value is -2.36. The molecule has 0 aliphatic carbocycles. The van der Waals surface area contributed by atoms with Gasteiger partial charge in [-0.05, 0) is 37.1 Å². The molecule has 0 heterocycles. The van der Waals surface area contributed by atoms with Gasteiger partial charge in [0.15, 0.2) is 0 Å². The summed E-state index contributed by atoms with van der Waals surface area (Å²) >= 11 is 0. The second-order valence-electron chi connectivity index (χ2n) is 5.01. The fourth-order valence-corrected chi connectivity index (χ4v) is 2.08. The van der Waals surface area contributed by atoms with Gasteiger partial charge in [0.1, 0.15) is 5.82 Å². The maximum atomic E-state index is 13.2. The zero-order chi connectivity index (χ0) is 15.2. The second-order valence-corrected chi connectivity index (χ2v) is 5.01. The van der Waals surface area contributed by atoms with Crippen LogP contribution in [0.5, 0.6) is 0 Å². The van der Waals surface area contributed by atoms with E-state index in [1.165, 1.54) is 12.1 Å². The summed E-state index contributed by atoms with van der Waals surface area (Å²) in [5, 5.41) is 5.86. The second kappa shape index (κ2) is 6.88. The van der Waals surface area contributed by atoms with Gasteiger partial charge in [0, 0.05) is 5.69 Å². The van der Waals surface area contributed by atoms with E-state index in [4.69, 9.17) is 0 Å². The van der Waals surface area contributed by atoms with Gasteiger partial charge in [0.25, 0.3) is 0 Å². The molecule has 0 bridgehead atoms. The SMILES string of the molecule is Cc1ccc(F)cc1NCC(=O)N[C@H](C)c1ccccc1. The molecule has 1 atom stereocenters. The smallest absolute Gasteiger partial charge is 0.239 e. The van der Waals surface area contributed by atoms with E-state index in [2.05, 4.69) is 10.6 Å². The lowest BCUT2D eigenvalue weighted by atomic mass is 10.1. The number of rotatable bonds is 5. The average molecular weight is 286 g/mol. The van der Waals surface area contributed by atoms with E-state index >= 15 is 0 Å². The molecule has 2 aromatic rings. The van der Waals surface area contributed by atoms with Crippen LogP contribution in [0.25, 0.3) is 0 Å². The third-order valence-electron chi connectivity index (χ3n) is 3.32. The van der Waals surface area contributed by atoms with Crippen LogP contribution >= 0.6 is 0 Å². The Morgan fingerprint density at radius 1 is 1.19 bits per heavy atom. The number of benzene rings is 2. The van der Waals surface area contributed by atoms with Crippen molar-refractivity contribution < 1.29 is 9.18 Å². The zero-order valence-electron chi connectivity index (χ0n) is 12.2. The standard InChI is InChI=1S/C17H19FN2O/c1-12-8-9-15(18)10-16(12)19-11-17(21)20-13(2)14-6-4-3-5-7-14/h3-10,13,19H,11H2,1-2H3,(H,20,21)/t13-/m1/s1. The molecule has 0 unspecified atom stereocenters. The van der Waals surface area contributed by atoms with Crippen molar-refractivity contribution in [3.63, 3.8) is 0 Å². The van der Waals surface area contributed by atoms with Crippen LogP contribution in [0.1, 0.15) is 24.1 Å². The predicted octanol–water partition coefficient (Wildman–Crippen LogP) is 3.42. The van der Waals surface area contributed by atoms with Crippen molar-refractivity contribution in [3.05, 3.63) is 65.5 Å². The van der Waals surface area contributed by atoms with Crippen molar-refractivity contribution in [1.29, 1.82) is 0 Å². The van der Waals surface area contributed by atoms with Crippen molar-refractivity contribution in [2.45, 2.75) is 19.9 Å². The molecule has 3 nitrogen and oxygen atoms in total. The van der Waals surface area contributed by atoms with Gasteiger partial charge in [-0.25, -0.2) is 4.39 Å². The lowest BCUT2D eigenvalue weighted by molar-refractivity contribution is -0.120. The fraction of sp³-hybridized carbons (Fsp3) is 0.235. The number of hydrogen-bond donors (Lipinski definition) is 2. The Morgan fingerprint density at radius 2 is 1.90 bits per heavy atom. The minimum atomic E-state index is -0.318. The molecular formula is C17H19FN2O. The highest BCUT2D eigenvalue weighted by atomic mass is 19.1. The summed E-state index contributed by atoms with van der Waals surface area (Å²) in [4.78, 5) is 11.9. The summed E-state index contributed by atoms with van der Waals surface area (Å²) < 4.78 is 13.2. The molecule has 110 valence electrons. The number of halogens is 1. The van der Waals surface area contributed by atoms with Crippen LogP contribution in [-0.2, 0) is 4.79 Å². The molecule has 21 heavy (non-hydrogen) atoms. The highest BCUT2D eigenvalue weighted by Gasteiger charge is 2.09. The molecule has 0 aliphatic rings. The zero-order valence-corrected chi connectivity index (χ0v) is 12.2. The van der Waals surface area contributed by atoms with Crippen LogP contribution in [-0.4, -0.2) is 12.5 Å². The molecule has 0 aliphatic heterocycles. The third kappa shape index (κ3) is 4.31. The van der Waals surface area contributed by atoms with Gasteiger partial charge < -0.3 is 10.6 Å². The minimum absolute atomic E-state index is 0.0610. The highest BCUT2D eigenvalue weighted by Crippen LogP contribution is 2.15. The number of aryl methyl sites for hydroxylation is 1. The van der Waals surface area contributed by atoms with E-state index in [1.54, 1.807) is 6.07 Å². The summed E-state index contributed by atoms with van der Waals surface area (Å²) in [6, 6.07) is 14.2. The van der Waals surface area contributed by atoms with Gasteiger partial charge in [-0.15, -0.1) is 0 Å². The number of hydrogen-bond acceptors (Lipinski definition) is 2. The van der Waals surface area contributed by atoms with E-state index < -0.39 is 0 Å². The first-order valence-electron chi connectivity index (χ1n) is 6.90. The maximum Gasteiger partial charge on any atom is 0.239 e. The van der Waals surface area contributed by atoms with E-state index in [1.807, 2.05) is 44.2 Å². The molecular weight excluding hydrogens is 267 g/mol. The van der Waals surface area contributed by atoms with Crippen LogP contribution in [0.2, 0.25) is 0 Å². The van der Waals surface area contributed by atoms with E-state index in [0.717, 1.165) is 11.1 Å². The van der Waals surface area contributed by atoms with E-state index in [-0.39, 0.29) is 24.3 Å². The Labute approximate surface area is 124 Å². The van der Waals surface area contributed by atoms with E-state index in [0.29, 0.717) is 5.69 Å². The van der Waals surface area contributed by atoms with Crippen LogP contribution < -0.4 is 10.6 Å². The van der Waals surface area contributed by atoms with Crippen molar-refractivity contribution in [3.8, 4) is 0 Å². The van der Waals surface area contributed by atoms with Gasteiger partial charge >= 0.3 is 0 Å².